The molecule has 0 spiro atoms. The van der Waals surface area contributed by atoms with Crippen LogP contribution in [0.25, 0.3) is 11.4 Å². The van der Waals surface area contributed by atoms with Crippen molar-refractivity contribution in [3.8, 4) is 17.1 Å². The van der Waals surface area contributed by atoms with Gasteiger partial charge in [0.05, 0.1) is 13.3 Å². The highest BCUT2D eigenvalue weighted by atomic mass is 35.5. The van der Waals surface area contributed by atoms with Crippen molar-refractivity contribution in [3.63, 3.8) is 0 Å². The minimum Gasteiger partial charge on any atom is -0.496 e. The number of thiazole rings is 1. The topological polar surface area (TPSA) is 82.9 Å². The van der Waals surface area contributed by atoms with Gasteiger partial charge in [0.1, 0.15) is 23.0 Å². The second kappa shape index (κ2) is 8.28. The van der Waals surface area contributed by atoms with Crippen molar-refractivity contribution in [2.45, 2.75) is 6.54 Å². The molecule has 0 amide bonds. The van der Waals surface area contributed by atoms with Crippen LogP contribution in [0.15, 0.2) is 35.8 Å². The lowest BCUT2D eigenvalue weighted by Crippen LogP contribution is -2.29. The van der Waals surface area contributed by atoms with Crippen LogP contribution in [-0.2, 0) is 6.54 Å². The van der Waals surface area contributed by atoms with Crippen LogP contribution < -0.4 is 15.4 Å². The van der Waals surface area contributed by atoms with Crippen LogP contribution in [0.4, 0.5) is 13.9 Å². The van der Waals surface area contributed by atoms with E-state index in [-0.39, 0.29) is 23.9 Å². The van der Waals surface area contributed by atoms with Gasteiger partial charge in [-0.1, -0.05) is 17.7 Å². The predicted molar refractivity (Wildman–Crippen MR) is 101 cm³/mol. The molecular weight excluding hydrogens is 396 g/mol. The number of hydrogen-bond donors (Lipinski definition) is 3. The summed E-state index contributed by atoms with van der Waals surface area (Å²) in [6.07, 6.45) is 0.922. The lowest BCUT2D eigenvalue weighted by molar-refractivity contribution is 0.409. The summed E-state index contributed by atoms with van der Waals surface area (Å²) in [5, 5.41) is 16.0. The molecule has 0 aliphatic rings. The molecule has 10 heteroatoms. The van der Waals surface area contributed by atoms with Gasteiger partial charge in [0, 0.05) is 28.6 Å². The Balaban J connectivity index is 1.65. The molecule has 0 aliphatic heterocycles. The zero-order chi connectivity index (χ0) is 19.4. The number of hydrogen-bond acceptors (Lipinski definition) is 5. The Morgan fingerprint density at radius 2 is 2.19 bits per heavy atom. The standard InChI is InChI=1S/C17H14ClF2N5OS/c1-26-14-4-2-3-11(18)10(14)7-23-16(21)25-17-24-13(8-27-17)15-12(20)5-9(19)6-22-15/h2-6,8H,7H2,1H3,(H3,21,23,24,25). The number of anilines is 1. The largest absolute Gasteiger partial charge is 0.496 e. The number of aromatic nitrogens is 2. The van der Waals surface area contributed by atoms with E-state index in [1.165, 1.54) is 0 Å². The molecule has 6 nitrogen and oxygen atoms in total. The maximum Gasteiger partial charge on any atom is 0.195 e. The monoisotopic (exact) mass is 409 g/mol. The summed E-state index contributed by atoms with van der Waals surface area (Å²) < 4.78 is 32.0. The van der Waals surface area contributed by atoms with E-state index < -0.39 is 11.6 Å². The molecule has 0 atom stereocenters. The molecular formula is C17H14ClF2N5OS. The van der Waals surface area contributed by atoms with Crippen LogP contribution in [0.1, 0.15) is 5.56 Å². The molecule has 0 radical (unpaired) electrons. The van der Waals surface area contributed by atoms with Crippen molar-refractivity contribution in [3.05, 3.63) is 58.1 Å². The first-order valence-electron chi connectivity index (χ1n) is 7.65. The van der Waals surface area contributed by atoms with E-state index in [0.29, 0.717) is 21.5 Å². The van der Waals surface area contributed by atoms with E-state index >= 15 is 0 Å². The van der Waals surface area contributed by atoms with Crippen molar-refractivity contribution in [2.75, 3.05) is 12.4 Å². The fourth-order valence-electron chi connectivity index (χ4n) is 2.27. The fraction of sp³-hybridized carbons (Fsp3) is 0.118. The van der Waals surface area contributed by atoms with Gasteiger partial charge in [-0.05, 0) is 12.1 Å². The molecule has 140 valence electrons. The summed E-state index contributed by atoms with van der Waals surface area (Å²) in [4.78, 5) is 7.88. The van der Waals surface area contributed by atoms with E-state index in [1.54, 1.807) is 30.7 Å². The lowest BCUT2D eigenvalue weighted by Gasteiger charge is -2.12. The van der Waals surface area contributed by atoms with Gasteiger partial charge in [0.25, 0.3) is 0 Å². The lowest BCUT2D eigenvalue weighted by atomic mass is 10.2. The molecule has 3 rings (SSSR count). The van der Waals surface area contributed by atoms with E-state index in [4.69, 9.17) is 21.7 Å². The van der Waals surface area contributed by atoms with Crippen LogP contribution >= 0.6 is 22.9 Å². The average Bonchev–Trinajstić information content (AvgIpc) is 3.08. The number of benzene rings is 1. The summed E-state index contributed by atoms with van der Waals surface area (Å²) in [6, 6.07) is 6.02. The van der Waals surface area contributed by atoms with Gasteiger partial charge in [-0.3, -0.25) is 5.41 Å². The first-order chi connectivity index (χ1) is 13.0. The van der Waals surface area contributed by atoms with Gasteiger partial charge in [-0.25, -0.2) is 18.7 Å². The number of pyridine rings is 1. The Hall–Kier alpha value is -2.78. The van der Waals surface area contributed by atoms with Gasteiger partial charge in [-0.2, -0.15) is 0 Å². The second-order valence-corrected chi connectivity index (χ2v) is 6.56. The molecule has 1 aromatic carbocycles. The van der Waals surface area contributed by atoms with Crippen molar-refractivity contribution < 1.29 is 13.5 Å². The average molecular weight is 410 g/mol. The number of rotatable bonds is 5. The van der Waals surface area contributed by atoms with Gasteiger partial charge in [0.2, 0.25) is 0 Å². The first-order valence-corrected chi connectivity index (χ1v) is 8.91. The number of halogens is 3. The Bertz CT molecular complexity index is 982. The van der Waals surface area contributed by atoms with Gasteiger partial charge < -0.3 is 15.4 Å². The molecule has 27 heavy (non-hydrogen) atoms. The Morgan fingerprint density at radius 1 is 1.37 bits per heavy atom. The molecule has 2 heterocycles. The van der Waals surface area contributed by atoms with Crippen molar-refractivity contribution in [2.24, 2.45) is 0 Å². The third-order valence-electron chi connectivity index (χ3n) is 3.52. The molecule has 0 saturated carbocycles. The number of nitrogens with one attached hydrogen (secondary N) is 3. The zero-order valence-electron chi connectivity index (χ0n) is 14.0. The van der Waals surface area contributed by atoms with Gasteiger partial charge >= 0.3 is 0 Å². The van der Waals surface area contributed by atoms with Gasteiger partial charge in [0.15, 0.2) is 16.9 Å². The van der Waals surface area contributed by atoms with Crippen LogP contribution in [-0.4, -0.2) is 23.0 Å². The highest BCUT2D eigenvalue weighted by Gasteiger charge is 2.13. The summed E-state index contributed by atoms with van der Waals surface area (Å²) in [6.45, 7) is 0.265. The number of ether oxygens (including phenoxy) is 1. The third-order valence-corrected chi connectivity index (χ3v) is 4.64. The summed E-state index contributed by atoms with van der Waals surface area (Å²) in [5.41, 5.74) is 0.909. The normalized spacial score (nSPS) is 10.5. The predicted octanol–water partition coefficient (Wildman–Crippen LogP) is 4.28. The van der Waals surface area contributed by atoms with Crippen LogP contribution in [0.3, 0.4) is 0 Å². The SMILES string of the molecule is COc1cccc(Cl)c1CNC(=N)Nc1nc(-c2ncc(F)cc2F)cs1. The Morgan fingerprint density at radius 3 is 2.93 bits per heavy atom. The molecule has 3 N–H and O–H groups in total. The summed E-state index contributed by atoms with van der Waals surface area (Å²) >= 11 is 7.32. The highest BCUT2D eigenvalue weighted by molar-refractivity contribution is 7.14. The van der Waals surface area contributed by atoms with E-state index in [1.807, 2.05) is 0 Å². The highest BCUT2D eigenvalue weighted by Crippen LogP contribution is 2.27. The zero-order valence-corrected chi connectivity index (χ0v) is 15.6. The Labute approximate surface area is 162 Å². The maximum absolute atomic E-state index is 13.8. The van der Waals surface area contributed by atoms with Crippen LogP contribution in [0.2, 0.25) is 5.02 Å². The van der Waals surface area contributed by atoms with E-state index in [2.05, 4.69) is 20.6 Å². The van der Waals surface area contributed by atoms with Crippen molar-refractivity contribution >= 4 is 34.0 Å². The number of nitrogens with zero attached hydrogens (tertiary/aromatic N) is 2. The number of methoxy groups -OCH3 is 1. The molecule has 3 aromatic rings. The summed E-state index contributed by atoms with van der Waals surface area (Å²) in [5.74, 6) is -0.973. The van der Waals surface area contributed by atoms with Crippen LogP contribution in [0.5, 0.6) is 5.75 Å². The minimum atomic E-state index is -0.800. The van der Waals surface area contributed by atoms with Crippen molar-refractivity contribution in [1.29, 1.82) is 5.41 Å². The summed E-state index contributed by atoms with van der Waals surface area (Å²) in [7, 11) is 1.54. The molecule has 0 fully saturated rings. The number of guanidine groups is 1. The molecule has 0 unspecified atom stereocenters. The first kappa shape index (κ1) is 19.0. The quantitative estimate of drug-likeness (QED) is 0.432. The van der Waals surface area contributed by atoms with E-state index in [0.717, 1.165) is 23.6 Å². The third kappa shape index (κ3) is 4.50. The molecule has 2 aromatic heterocycles. The Kier molecular flexibility index (Phi) is 5.82. The molecule has 0 bridgehead atoms. The molecule has 0 saturated heterocycles. The van der Waals surface area contributed by atoms with E-state index in [9.17, 15) is 8.78 Å². The second-order valence-electron chi connectivity index (χ2n) is 5.30. The minimum absolute atomic E-state index is 0.0228. The van der Waals surface area contributed by atoms with Crippen molar-refractivity contribution in [1.82, 2.24) is 15.3 Å². The maximum atomic E-state index is 13.8. The smallest absolute Gasteiger partial charge is 0.195 e. The molecule has 0 aliphatic carbocycles. The van der Waals surface area contributed by atoms with Crippen LogP contribution in [0, 0.1) is 17.0 Å². The fourth-order valence-corrected chi connectivity index (χ4v) is 3.20. The van der Waals surface area contributed by atoms with Gasteiger partial charge in [-0.15, -0.1) is 11.3 Å².